The van der Waals surface area contributed by atoms with Crippen LogP contribution in [0.2, 0.25) is 0 Å². The van der Waals surface area contributed by atoms with Gasteiger partial charge in [0, 0.05) is 47.6 Å². The Balaban J connectivity index is 1.39. The maximum Gasteiger partial charge on any atom is 0.265 e. The van der Waals surface area contributed by atoms with Crippen LogP contribution in [0.25, 0.3) is 10.1 Å². The van der Waals surface area contributed by atoms with Crippen molar-refractivity contribution in [2.24, 2.45) is 0 Å². The average molecular weight is 535 g/mol. The van der Waals surface area contributed by atoms with Crippen molar-refractivity contribution >= 4 is 44.6 Å². The zero-order chi connectivity index (χ0) is 27.2. The van der Waals surface area contributed by atoms with Crippen molar-refractivity contribution in [1.82, 2.24) is 14.5 Å². The topological polar surface area (TPSA) is 104 Å². The Hall–Kier alpha value is -4.81. The zero-order valence-electron chi connectivity index (χ0n) is 21.4. The van der Waals surface area contributed by atoms with Crippen LogP contribution in [0.1, 0.15) is 46.3 Å². The number of nitrogens with zero attached hydrogens (tertiary/aromatic N) is 5. The minimum absolute atomic E-state index is 0.0221. The van der Waals surface area contributed by atoms with Crippen LogP contribution in [0.5, 0.6) is 0 Å². The second kappa shape index (κ2) is 11.7. The normalized spacial score (nSPS) is 10.8. The van der Waals surface area contributed by atoms with Crippen molar-refractivity contribution in [2.45, 2.75) is 32.9 Å². The number of amides is 2. The number of hydrogen-bond donors (Lipinski definition) is 1. The van der Waals surface area contributed by atoms with Crippen LogP contribution in [0.15, 0.2) is 85.6 Å². The number of carbonyl (C=O) groups is 2. The van der Waals surface area contributed by atoms with Gasteiger partial charge < -0.3 is 14.8 Å². The van der Waals surface area contributed by atoms with Crippen LogP contribution in [0.4, 0.5) is 11.4 Å². The quantitative estimate of drug-likeness (QED) is 0.250. The van der Waals surface area contributed by atoms with Crippen LogP contribution in [0.3, 0.4) is 0 Å². The van der Waals surface area contributed by atoms with Gasteiger partial charge in [0.25, 0.3) is 5.91 Å². The van der Waals surface area contributed by atoms with Gasteiger partial charge in [0.05, 0.1) is 35.1 Å². The molecule has 0 saturated carbocycles. The highest BCUT2D eigenvalue weighted by molar-refractivity contribution is 7.20. The molecule has 9 heteroatoms. The highest BCUT2D eigenvalue weighted by Gasteiger charge is 2.19. The summed E-state index contributed by atoms with van der Waals surface area (Å²) < 4.78 is 2.98. The summed E-state index contributed by atoms with van der Waals surface area (Å²) in [7, 11) is 0. The highest BCUT2D eigenvalue weighted by atomic mass is 32.1. The highest BCUT2D eigenvalue weighted by Crippen LogP contribution is 2.31. The zero-order valence-corrected chi connectivity index (χ0v) is 22.2. The molecule has 5 rings (SSSR count). The van der Waals surface area contributed by atoms with Crippen LogP contribution < -0.4 is 10.2 Å². The number of pyridine rings is 1. The molecule has 0 aliphatic heterocycles. The molecule has 8 nitrogen and oxygen atoms in total. The van der Waals surface area contributed by atoms with Gasteiger partial charge in [0.1, 0.15) is 0 Å². The molecule has 2 aromatic carbocycles. The molecule has 0 radical (unpaired) electrons. The summed E-state index contributed by atoms with van der Waals surface area (Å²) in [6.07, 6.45) is 7.95. The SMILES string of the molecule is CCCC(=O)N(Cc1cncn1Cc1ccc(C#N)cc1)c1ccc2sc(C(=O)Nc3ccncc3)cc2c1. The van der Waals surface area contributed by atoms with E-state index >= 15 is 0 Å². The molecule has 0 atom stereocenters. The molecule has 0 unspecified atom stereocenters. The third-order valence-corrected chi connectivity index (χ3v) is 7.41. The molecule has 3 aromatic heterocycles. The number of hydrogen-bond acceptors (Lipinski definition) is 6. The van der Waals surface area contributed by atoms with Crippen molar-refractivity contribution in [1.29, 1.82) is 5.26 Å². The first-order chi connectivity index (χ1) is 19.0. The maximum atomic E-state index is 13.3. The monoisotopic (exact) mass is 534 g/mol. The lowest BCUT2D eigenvalue weighted by Crippen LogP contribution is -2.31. The summed E-state index contributed by atoms with van der Waals surface area (Å²) in [6, 6.07) is 20.8. The number of carbonyl (C=O) groups excluding carboxylic acids is 2. The number of nitrogens with one attached hydrogen (secondary N) is 1. The van der Waals surface area contributed by atoms with Crippen molar-refractivity contribution in [3.8, 4) is 6.07 Å². The van der Waals surface area contributed by atoms with Crippen LogP contribution in [0, 0.1) is 11.3 Å². The van der Waals surface area contributed by atoms with E-state index in [0.717, 1.165) is 33.5 Å². The molecule has 0 saturated heterocycles. The van der Waals surface area contributed by atoms with Crippen LogP contribution in [-0.2, 0) is 17.9 Å². The van der Waals surface area contributed by atoms with Gasteiger partial charge in [0.15, 0.2) is 0 Å². The average Bonchev–Trinajstić information content (AvgIpc) is 3.59. The molecule has 0 aliphatic carbocycles. The van der Waals surface area contributed by atoms with E-state index in [2.05, 4.69) is 21.4 Å². The predicted octanol–water partition coefficient (Wildman–Crippen LogP) is 6.00. The van der Waals surface area contributed by atoms with Gasteiger partial charge in [-0.25, -0.2) is 4.98 Å². The summed E-state index contributed by atoms with van der Waals surface area (Å²) in [5, 5.41) is 12.9. The standard InChI is InChI=1S/C30H26N6O2S/c1-2-3-29(37)36(19-26-17-33-20-35(26)18-22-6-4-21(16-31)5-7-22)25-8-9-27-23(14-25)15-28(39-27)30(38)34-24-10-12-32-13-11-24/h4-15,17,20H,2-3,18-19H2,1H3,(H,32,34,38). The smallest absolute Gasteiger partial charge is 0.265 e. The lowest BCUT2D eigenvalue weighted by molar-refractivity contribution is -0.118. The number of thiophene rings is 1. The minimum atomic E-state index is -0.186. The number of anilines is 2. The van der Waals surface area contributed by atoms with Crippen LogP contribution >= 0.6 is 11.3 Å². The predicted molar refractivity (Wildman–Crippen MR) is 153 cm³/mol. The first-order valence-electron chi connectivity index (χ1n) is 12.6. The number of nitriles is 1. The molecule has 0 bridgehead atoms. The lowest BCUT2D eigenvalue weighted by atomic mass is 10.1. The molecule has 0 aliphatic rings. The Morgan fingerprint density at radius 2 is 1.85 bits per heavy atom. The molecule has 5 aromatic rings. The second-order valence-corrected chi connectivity index (χ2v) is 10.2. The summed E-state index contributed by atoms with van der Waals surface area (Å²) in [5.74, 6) is -0.163. The summed E-state index contributed by atoms with van der Waals surface area (Å²) >= 11 is 1.41. The van der Waals surface area contributed by atoms with E-state index < -0.39 is 0 Å². The maximum absolute atomic E-state index is 13.3. The number of benzene rings is 2. The number of rotatable bonds is 9. The summed E-state index contributed by atoms with van der Waals surface area (Å²) in [4.78, 5) is 36.8. The molecule has 39 heavy (non-hydrogen) atoms. The van der Waals surface area contributed by atoms with Crippen molar-refractivity contribution in [2.75, 3.05) is 10.2 Å². The van der Waals surface area contributed by atoms with Gasteiger partial charge in [0.2, 0.25) is 5.91 Å². The van der Waals surface area contributed by atoms with E-state index in [1.807, 2.05) is 47.9 Å². The Kier molecular flexibility index (Phi) is 7.75. The van der Waals surface area contributed by atoms with Gasteiger partial charge in [-0.15, -0.1) is 11.3 Å². The molecule has 194 valence electrons. The van der Waals surface area contributed by atoms with E-state index in [9.17, 15) is 9.59 Å². The number of imidazole rings is 1. The van der Waals surface area contributed by atoms with Gasteiger partial charge in [-0.2, -0.15) is 5.26 Å². The molecule has 2 amide bonds. The molecule has 1 N–H and O–H groups in total. The van der Waals surface area contributed by atoms with Crippen molar-refractivity contribution in [3.63, 3.8) is 0 Å². The lowest BCUT2D eigenvalue weighted by Gasteiger charge is -2.23. The van der Waals surface area contributed by atoms with E-state index in [1.165, 1.54) is 11.3 Å². The van der Waals surface area contributed by atoms with E-state index in [1.54, 1.807) is 54.1 Å². The van der Waals surface area contributed by atoms with Crippen molar-refractivity contribution < 1.29 is 9.59 Å². The molecule has 0 fully saturated rings. The Labute approximate surface area is 230 Å². The van der Waals surface area contributed by atoms with Gasteiger partial charge in [-0.05, 0) is 65.9 Å². The third kappa shape index (κ3) is 6.03. The Morgan fingerprint density at radius 1 is 1.05 bits per heavy atom. The molecule has 3 heterocycles. The van der Waals surface area contributed by atoms with Gasteiger partial charge >= 0.3 is 0 Å². The Morgan fingerprint density at radius 3 is 2.59 bits per heavy atom. The van der Waals surface area contributed by atoms with Crippen molar-refractivity contribution in [3.05, 3.63) is 107 Å². The molecule has 0 spiro atoms. The first-order valence-corrected chi connectivity index (χ1v) is 13.4. The number of aromatic nitrogens is 3. The molecular weight excluding hydrogens is 508 g/mol. The fourth-order valence-corrected chi connectivity index (χ4v) is 5.21. The van der Waals surface area contributed by atoms with E-state index in [0.29, 0.717) is 35.6 Å². The second-order valence-electron chi connectivity index (χ2n) is 9.07. The van der Waals surface area contributed by atoms with E-state index in [4.69, 9.17) is 5.26 Å². The third-order valence-electron chi connectivity index (χ3n) is 6.29. The largest absolute Gasteiger partial charge is 0.328 e. The van der Waals surface area contributed by atoms with Gasteiger partial charge in [-0.1, -0.05) is 19.1 Å². The molecular formula is C30H26N6O2S. The number of fused-ring (bicyclic) bond motifs is 1. The first kappa shape index (κ1) is 25.8. The summed E-state index contributed by atoms with van der Waals surface area (Å²) in [6.45, 7) is 2.93. The van der Waals surface area contributed by atoms with Gasteiger partial charge in [-0.3, -0.25) is 14.6 Å². The summed E-state index contributed by atoms with van der Waals surface area (Å²) in [5.41, 5.74) is 4.00. The fraction of sp³-hybridized carbons (Fsp3) is 0.167. The Bertz CT molecular complexity index is 1650. The fourth-order valence-electron chi connectivity index (χ4n) is 4.28. The van der Waals surface area contributed by atoms with Crippen LogP contribution in [-0.4, -0.2) is 26.3 Å². The minimum Gasteiger partial charge on any atom is -0.328 e. The van der Waals surface area contributed by atoms with E-state index in [-0.39, 0.29) is 11.8 Å².